The Morgan fingerprint density at radius 3 is 2.00 bits per heavy atom. The molecule has 0 radical (unpaired) electrons. The van der Waals surface area contributed by atoms with Crippen LogP contribution in [-0.4, -0.2) is 30.6 Å². The van der Waals surface area contributed by atoms with Gasteiger partial charge in [0.2, 0.25) is 0 Å². The monoisotopic (exact) mass is 252 g/mol. The summed E-state index contributed by atoms with van der Waals surface area (Å²) in [7, 11) is 0. The van der Waals surface area contributed by atoms with Crippen LogP contribution in [0, 0.1) is 23.7 Å². The quantitative estimate of drug-likeness (QED) is 0.836. The maximum absolute atomic E-state index is 6.12. The molecule has 0 amide bonds. The van der Waals surface area contributed by atoms with E-state index in [1.54, 1.807) is 0 Å². The van der Waals surface area contributed by atoms with E-state index < -0.39 is 0 Å². The van der Waals surface area contributed by atoms with Crippen LogP contribution < -0.4 is 5.73 Å². The van der Waals surface area contributed by atoms with Crippen LogP contribution in [0.25, 0.3) is 0 Å². The molecule has 1 saturated heterocycles. The fraction of sp³-hybridized carbons (Fsp3) is 1.00. The van der Waals surface area contributed by atoms with Gasteiger partial charge in [0, 0.05) is 25.7 Å². The fourth-order valence-corrected chi connectivity index (χ4v) is 4.29. The lowest BCUT2D eigenvalue weighted by molar-refractivity contribution is 0.0528. The molecule has 106 valence electrons. The van der Waals surface area contributed by atoms with Crippen molar-refractivity contribution < 1.29 is 0 Å². The van der Waals surface area contributed by atoms with Gasteiger partial charge in [0.25, 0.3) is 0 Å². The first-order valence-corrected chi connectivity index (χ1v) is 8.04. The summed E-state index contributed by atoms with van der Waals surface area (Å²) >= 11 is 0. The predicted molar refractivity (Wildman–Crippen MR) is 78.5 cm³/mol. The number of likely N-dealkylation sites (tertiary alicyclic amines) is 1. The number of hydrogen-bond donors (Lipinski definition) is 1. The third-order valence-electron chi connectivity index (χ3n) is 5.21. The first kappa shape index (κ1) is 14.3. The molecular formula is C16H32N2. The first-order valence-electron chi connectivity index (χ1n) is 8.04. The lowest BCUT2D eigenvalue weighted by Crippen LogP contribution is -2.52. The zero-order valence-corrected chi connectivity index (χ0v) is 12.6. The zero-order chi connectivity index (χ0) is 13.1. The van der Waals surface area contributed by atoms with E-state index in [0.717, 1.165) is 30.2 Å². The minimum Gasteiger partial charge on any atom is -0.329 e. The number of piperidine rings is 1. The van der Waals surface area contributed by atoms with Crippen molar-refractivity contribution >= 4 is 0 Å². The van der Waals surface area contributed by atoms with Gasteiger partial charge in [-0.05, 0) is 42.9 Å². The molecule has 0 bridgehead atoms. The van der Waals surface area contributed by atoms with Gasteiger partial charge in [0.1, 0.15) is 0 Å². The Morgan fingerprint density at radius 2 is 1.50 bits per heavy atom. The number of hydrogen-bond acceptors (Lipinski definition) is 2. The van der Waals surface area contributed by atoms with Crippen LogP contribution >= 0.6 is 0 Å². The van der Waals surface area contributed by atoms with Crippen molar-refractivity contribution in [1.82, 2.24) is 4.90 Å². The molecule has 0 aromatic rings. The van der Waals surface area contributed by atoms with E-state index in [2.05, 4.69) is 25.7 Å². The van der Waals surface area contributed by atoms with E-state index in [-0.39, 0.29) is 0 Å². The van der Waals surface area contributed by atoms with Crippen molar-refractivity contribution in [2.24, 2.45) is 29.4 Å². The molecule has 1 aliphatic carbocycles. The second-order valence-corrected chi connectivity index (χ2v) is 7.22. The lowest BCUT2D eigenvalue weighted by Gasteiger charge is -2.44. The molecule has 3 unspecified atom stereocenters. The Bertz CT molecular complexity index is 235. The van der Waals surface area contributed by atoms with Gasteiger partial charge in [0.05, 0.1) is 0 Å². The molecule has 2 nitrogen and oxygen atoms in total. The minimum absolute atomic E-state index is 0.655. The molecule has 1 saturated carbocycles. The van der Waals surface area contributed by atoms with Gasteiger partial charge in [-0.3, -0.25) is 4.90 Å². The summed E-state index contributed by atoms with van der Waals surface area (Å²) in [5.41, 5.74) is 6.12. The van der Waals surface area contributed by atoms with Gasteiger partial charge in [-0.25, -0.2) is 0 Å². The Hall–Kier alpha value is -0.0800. The van der Waals surface area contributed by atoms with Crippen LogP contribution in [-0.2, 0) is 0 Å². The summed E-state index contributed by atoms with van der Waals surface area (Å²) in [6.07, 6.45) is 7.04. The Balaban J connectivity index is 1.95. The van der Waals surface area contributed by atoms with Crippen molar-refractivity contribution in [3.05, 3.63) is 0 Å². The summed E-state index contributed by atoms with van der Waals surface area (Å²) in [5.74, 6) is 3.51. The van der Waals surface area contributed by atoms with Crippen molar-refractivity contribution in [3.8, 4) is 0 Å². The van der Waals surface area contributed by atoms with Crippen LogP contribution in [0.15, 0.2) is 0 Å². The molecule has 0 aromatic heterocycles. The SMILES string of the molecule is CC1CCC(C(CN)N2CC(C)CC(C)C2)CC1. The third kappa shape index (κ3) is 3.48. The Labute approximate surface area is 113 Å². The molecule has 18 heavy (non-hydrogen) atoms. The summed E-state index contributed by atoms with van der Waals surface area (Å²) in [6.45, 7) is 10.6. The van der Waals surface area contributed by atoms with Gasteiger partial charge in [0.15, 0.2) is 0 Å². The molecule has 1 aliphatic heterocycles. The minimum atomic E-state index is 0.655. The van der Waals surface area contributed by atoms with E-state index in [4.69, 9.17) is 5.73 Å². The fourth-order valence-electron chi connectivity index (χ4n) is 4.29. The van der Waals surface area contributed by atoms with Crippen LogP contribution in [0.2, 0.25) is 0 Å². The van der Waals surface area contributed by atoms with Crippen LogP contribution in [0.5, 0.6) is 0 Å². The van der Waals surface area contributed by atoms with Crippen LogP contribution in [0.3, 0.4) is 0 Å². The molecule has 2 aliphatic rings. The van der Waals surface area contributed by atoms with Gasteiger partial charge in [-0.15, -0.1) is 0 Å². The van der Waals surface area contributed by atoms with Crippen molar-refractivity contribution in [3.63, 3.8) is 0 Å². The van der Waals surface area contributed by atoms with E-state index >= 15 is 0 Å². The largest absolute Gasteiger partial charge is 0.329 e. The maximum Gasteiger partial charge on any atom is 0.0246 e. The molecule has 2 fully saturated rings. The number of nitrogens with two attached hydrogens (primary N) is 1. The van der Waals surface area contributed by atoms with Crippen molar-refractivity contribution in [1.29, 1.82) is 0 Å². The molecular weight excluding hydrogens is 220 g/mol. The Kier molecular flexibility index (Phi) is 5.08. The van der Waals surface area contributed by atoms with E-state index in [1.165, 1.54) is 45.2 Å². The highest BCUT2D eigenvalue weighted by Crippen LogP contribution is 2.34. The summed E-state index contributed by atoms with van der Waals surface area (Å²) in [5, 5.41) is 0. The molecule has 3 atom stereocenters. The Morgan fingerprint density at radius 1 is 0.944 bits per heavy atom. The molecule has 2 heteroatoms. The van der Waals surface area contributed by atoms with Crippen molar-refractivity contribution in [2.75, 3.05) is 19.6 Å². The van der Waals surface area contributed by atoms with Gasteiger partial charge in [-0.1, -0.05) is 33.6 Å². The van der Waals surface area contributed by atoms with Crippen molar-refractivity contribution in [2.45, 2.75) is 58.9 Å². The topological polar surface area (TPSA) is 29.3 Å². The van der Waals surface area contributed by atoms with Gasteiger partial charge < -0.3 is 5.73 Å². The van der Waals surface area contributed by atoms with Gasteiger partial charge in [-0.2, -0.15) is 0 Å². The van der Waals surface area contributed by atoms with E-state index in [0.29, 0.717) is 6.04 Å². The van der Waals surface area contributed by atoms with E-state index in [1.807, 2.05) is 0 Å². The highest BCUT2D eigenvalue weighted by Gasteiger charge is 2.33. The molecule has 1 heterocycles. The zero-order valence-electron chi connectivity index (χ0n) is 12.6. The summed E-state index contributed by atoms with van der Waals surface area (Å²) < 4.78 is 0. The first-order chi connectivity index (χ1) is 8.60. The summed E-state index contributed by atoms with van der Waals surface area (Å²) in [6, 6.07) is 0.655. The molecule has 0 aromatic carbocycles. The maximum atomic E-state index is 6.12. The van der Waals surface area contributed by atoms with Gasteiger partial charge >= 0.3 is 0 Å². The lowest BCUT2D eigenvalue weighted by atomic mass is 9.77. The second-order valence-electron chi connectivity index (χ2n) is 7.22. The highest BCUT2D eigenvalue weighted by molar-refractivity contribution is 4.87. The molecule has 2 rings (SSSR count). The smallest absolute Gasteiger partial charge is 0.0246 e. The standard InChI is InChI=1S/C16H32N2/c1-12-4-6-15(7-5-12)16(9-17)18-10-13(2)8-14(3)11-18/h12-16H,4-11,17H2,1-3H3. The van der Waals surface area contributed by atoms with Crippen LogP contribution in [0.4, 0.5) is 0 Å². The predicted octanol–water partition coefficient (Wildman–Crippen LogP) is 3.12. The van der Waals surface area contributed by atoms with Crippen LogP contribution in [0.1, 0.15) is 52.9 Å². The van der Waals surface area contributed by atoms with E-state index in [9.17, 15) is 0 Å². The normalized spacial score (nSPS) is 40.7. The summed E-state index contributed by atoms with van der Waals surface area (Å²) in [4.78, 5) is 2.72. The average Bonchev–Trinajstić information content (AvgIpc) is 2.31. The average molecular weight is 252 g/mol. The molecule has 0 spiro atoms. The number of nitrogens with zero attached hydrogens (tertiary/aromatic N) is 1. The number of rotatable bonds is 3. The highest BCUT2D eigenvalue weighted by atomic mass is 15.2. The molecule has 2 N–H and O–H groups in total. The third-order valence-corrected chi connectivity index (χ3v) is 5.21. The second kappa shape index (κ2) is 6.38.